The monoisotopic (exact) mass is 232 g/mol. The van der Waals surface area contributed by atoms with Gasteiger partial charge in [-0.05, 0) is 38.1 Å². The van der Waals surface area contributed by atoms with Gasteiger partial charge in [-0.15, -0.1) is 0 Å². The van der Waals surface area contributed by atoms with E-state index in [1.165, 1.54) is 11.1 Å². The lowest BCUT2D eigenvalue weighted by Crippen LogP contribution is -2.25. The first-order valence-electron chi connectivity index (χ1n) is 6.16. The Kier molecular flexibility index (Phi) is 3.79. The quantitative estimate of drug-likeness (QED) is 0.839. The van der Waals surface area contributed by atoms with Crippen molar-refractivity contribution in [3.63, 3.8) is 0 Å². The van der Waals surface area contributed by atoms with E-state index in [0.717, 1.165) is 19.4 Å². The Morgan fingerprint density at radius 2 is 1.94 bits per heavy atom. The third kappa shape index (κ3) is 3.56. The van der Waals surface area contributed by atoms with E-state index >= 15 is 0 Å². The zero-order valence-corrected chi connectivity index (χ0v) is 10.6. The van der Waals surface area contributed by atoms with Gasteiger partial charge in [0, 0.05) is 19.0 Å². The fourth-order valence-corrected chi connectivity index (χ4v) is 1.90. The van der Waals surface area contributed by atoms with Gasteiger partial charge in [-0.1, -0.05) is 24.3 Å². The van der Waals surface area contributed by atoms with Gasteiger partial charge in [0.2, 0.25) is 5.91 Å². The van der Waals surface area contributed by atoms with Crippen molar-refractivity contribution in [1.82, 2.24) is 10.2 Å². The molecule has 1 N–H and O–H groups in total. The molecule has 1 aromatic rings. The third-order valence-electron chi connectivity index (χ3n) is 3.01. The highest BCUT2D eigenvalue weighted by molar-refractivity contribution is 5.80. The molecule has 1 saturated carbocycles. The molecular weight excluding hydrogens is 212 g/mol. The summed E-state index contributed by atoms with van der Waals surface area (Å²) >= 11 is 0. The smallest absolute Gasteiger partial charge is 0.223 e. The maximum Gasteiger partial charge on any atom is 0.223 e. The molecule has 0 spiro atoms. The summed E-state index contributed by atoms with van der Waals surface area (Å²) in [6, 6.07) is 8.29. The van der Waals surface area contributed by atoms with Gasteiger partial charge in [0.1, 0.15) is 0 Å². The highest BCUT2D eigenvalue weighted by atomic mass is 16.2. The molecule has 0 atom stereocenters. The van der Waals surface area contributed by atoms with Gasteiger partial charge < -0.3 is 10.2 Å². The van der Waals surface area contributed by atoms with Crippen molar-refractivity contribution in [2.45, 2.75) is 25.9 Å². The highest BCUT2D eigenvalue weighted by Crippen LogP contribution is 2.28. The van der Waals surface area contributed by atoms with E-state index in [0.29, 0.717) is 6.54 Å². The fourth-order valence-electron chi connectivity index (χ4n) is 1.90. The minimum absolute atomic E-state index is 0.213. The summed E-state index contributed by atoms with van der Waals surface area (Å²) in [7, 11) is 4.11. The highest BCUT2D eigenvalue weighted by Gasteiger charge is 2.29. The van der Waals surface area contributed by atoms with Crippen LogP contribution in [0.2, 0.25) is 0 Å². The van der Waals surface area contributed by atoms with Crippen LogP contribution in [0, 0.1) is 5.92 Å². The van der Waals surface area contributed by atoms with Crippen LogP contribution in [0.1, 0.15) is 24.0 Å². The number of rotatable bonds is 5. The molecule has 0 bridgehead atoms. The van der Waals surface area contributed by atoms with Gasteiger partial charge in [0.05, 0.1) is 0 Å². The van der Waals surface area contributed by atoms with E-state index in [1.807, 2.05) is 12.1 Å². The molecule has 0 saturated heterocycles. The van der Waals surface area contributed by atoms with Gasteiger partial charge in [0.25, 0.3) is 0 Å². The van der Waals surface area contributed by atoms with Crippen LogP contribution >= 0.6 is 0 Å². The van der Waals surface area contributed by atoms with Crippen molar-refractivity contribution in [3.8, 4) is 0 Å². The van der Waals surface area contributed by atoms with Crippen LogP contribution in [0.25, 0.3) is 0 Å². The number of hydrogen-bond donors (Lipinski definition) is 1. The number of carbonyl (C=O) groups is 1. The molecule has 92 valence electrons. The first-order chi connectivity index (χ1) is 8.16. The van der Waals surface area contributed by atoms with Crippen molar-refractivity contribution in [2.75, 3.05) is 14.1 Å². The average molecular weight is 232 g/mol. The Labute approximate surface area is 103 Å². The maximum atomic E-state index is 11.6. The Balaban J connectivity index is 1.96. The number of nitrogens with zero attached hydrogens (tertiary/aromatic N) is 1. The molecule has 0 aromatic heterocycles. The molecule has 17 heavy (non-hydrogen) atoms. The molecule has 1 aromatic carbocycles. The molecule has 0 heterocycles. The molecule has 3 heteroatoms. The maximum absolute atomic E-state index is 11.6. The zero-order chi connectivity index (χ0) is 12.3. The van der Waals surface area contributed by atoms with Crippen LogP contribution in [-0.4, -0.2) is 24.9 Å². The van der Waals surface area contributed by atoms with Crippen LogP contribution in [0.3, 0.4) is 0 Å². The van der Waals surface area contributed by atoms with Crippen molar-refractivity contribution < 1.29 is 4.79 Å². The van der Waals surface area contributed by atoms with Crippen molar-refractivity contribution in [3.05, 3.63) is 35.4 Å². The zero-order valence-electron chi connectivity index (χ0n) is 10.6. The van der Waals surface area contributed by atoms with Crippen LogP contribution in [0.15, 0.2) is 24.3 Å². The molecule has 2 rings (SSSR count). The second-order valence-electron chi connectivity index (χ2n) is 5.00. The molecule has 0 radical (unpaired) electrons. The lowest BCUT2D eigenvalue weighted by Gasteiger charge is -2.14. The minimum atomic E-state index is 0.213. The minimum Gasteiger partial charge on any atom is -0.352 e. The number of carbonyl (C=O) groups excluding carboxylic acids is 1. The average Bonchev–Trinajstić information content (AvgIpc) is 3.10. The molecule has 3 nitrogen and oxygen atoms in total. The van der Waals surface area contributed by atoms with E-state index in [4.69, 9.17) is 0 Å². The summed E-state index contributed by atoms with van der Waals surface area (Å²) in [5.74, 6) is 0.501. The Bertz CT molecular complexity index is 397. The van der Waals surface area contributed by atoms with Crippen LogP contribution in [0.4, 0.5) is 0 Å². The topological polar surface area (TPSA) is 32.3 Å². The fraction of sp³-hybridized carbons (Fsp3) is 0.500. The number of benzene rings is 1. The summed E-state index contributed by atoms with van der Waals surface area (Å²) < 4.78 is 0. The van der Waals surface area contributed by atoms with Crippen LogP contribution in [-0.2, 0) is 17.9 Å². The standard InChI is InChI=1S/C14H20N2O/c1-16(2)10-13-6-4-3-5-12(13)9-15-14(17)11-7-8-11/h3-6,11H,7-10H2,1-2H3,(H,15,17). The van der Waals surface area contributed by atoms with Gasteiger partial charge in [-0.3, -0.25) is 4.79 Å². The molecule has 0 aliphatic heterocycles. The molecule has 0 unspecified atom stereocenters. The first-order valence-corrected chi connectivity index (χ1v) is 6.16. The third-order valence-corrected chi connectivity index (χ3v) is 3.01. The lowest BCUT2D eigenvalue weighted by atomic mass is 10.1. The van der Waals surface area contributed by atoms with E-state index in [1.54, 1.807) is 0 Å². The molecule has 1 aliphatic carbocycles. The largest absolute Gasteiger partial charge is 0.352 e. The number of hydrogen-bond acceptors (Lipinski definition) is 2. The van der Waals surface area contributed by atoms with Crippen molar-refractivity contribution in [1.29, 1.82) is 0 Å². The number of amides is 1. The Morgan fingerprint density at radius 3 is 2.53 bits per heavy atom. The van der Waals surface area contributed by atoms with Gasteiger partial charge in [-0.25, -0.2) is 0 Å². The van der Waals surface area contributed by atoms with E-state index in [-0.39, 0.29) is 11.8 Å². The summed E-state index contributed by atoms with van der Waals surface area (Å²) in [4.78, 5) is 13.7. The molecule has 1 fully saturated rings. The van der Waals surface area contributed by atoms with Crippen molar-refractivity contribution in [2.24, 2.45) is 5.92 Å². The van der Waals surface area contributed by atoms with E-state index < -0.39 is 0 Å². The molecular formula is C14H20N2O. The summed E-state index contributed by atoms with van der Waals surface area (Å²) in [5.41, 5.74) is 2.50. The van der Waals surface area contributed by atoms with E-state index in [2.05, 4.69) is 36.4 Å². The van der Waals surface area contributed by atoms with E-state index in [9.17, 15) is 4.79 Å². The summed E-state index contributed by atoms with van der Waals surface area (Å²) in [5, 5.41) is 3.02. The van der Waals surface area contributed by atoms with Crippen LogP contribution in [0.5, 0.6) is 0 Å². The lowest BCUT2D eigenvalue weighted by molar-refractivity contribution is -0.122. The van der Waals surface area contributed by atoms with Crippen molar-refractivity contribution >= 4 is 5.91 Å². The second kappa shape index (κ2) is 5.32. The summed E-state index contributed by atoms with van der Waals surface area (Å²) in [6.07, 6.45) is 2.12. The Morgan fingerprint density at radius 1 is 1.29 bits per heavy atom. The van der Waals surface area contributed by atoms with Gasteiger partial charge in [-0.2, -0.15) is 0 Å². The van der Waals surface area contributed by atoms with Gasteiger partial charge >= 0.3 is 0 Å². The predicted molar refractivity (Wildman–Crippen MR) is 68.4 cm³/mol. The first kappa shape index (κ1) is 12.1. The van der Waals surface area contributed by atoms with Crippen LogP contribution < -0.4 is 5.32 Å². The normalized spacial score (nSPS) is 15.0. The predicted octanol–water partition coefficient (Wildman–Crippen LogP) is 1.77. The van der Waals surface area contributed by atoms with Gasteiger partial charge in [0.15, 0.2) is 0 Å². The second-order valence-corrected chi connectivity index (χ2v) is 5.00. The summed E-state index contributed by atoms with van der Waals surface area (Å²) in [6.45, 7) is 1.56. The Hall–Kier alpha value is -1.35. The molecule has 1 amide bonds. The molecule has 1 aliphatic rings. The SMILES string of the molecule is CN(C)Cc1ccccc1CNC(=O)C1CC1. The number of nitrogens with one attached hydrogen (secondary N) is 1.